The van der Waals surface area contributed by atoms with Crippen molar-refractivity contribution in [3.05, 3.63) is 35.5 Å². The molecule has 0 amide bonds. The van der Waals surface area contributed by atoms with Gasteiger partial charge in [0.1, 0.15) is 5.82 Å². The average Bonchev–Trinajstić information content (AvgIpc) is 3.06. The average molecular weight is 342 g/mol. The topological polar surface area (TPSA) is 80.1 Å². The lowest BCUT2D eigenvalue weighted by Crippen LogP contribution is -2.05. The summed E-state index contributed by atoms with van der Waals surface area (Å²) in [5, 5.41) is 12.7. The van der Waals surface area contributed by atoms with Gasteiger partial charge in [-0.25, -0.2) is 9.97 Å². The highest BCUT2D eigenvalue weighted by Crippen LogP contribution is 2.32. The maximum Gasteiger partial charge on any atom is 0.231 e. The van der Waals surface area contributed by atoms with E-state index in [4.69, 9.17) is 14.7 Å². The monoisotopic (exact) mass is 342 g/mol. The molecule has 1 N–H and O–H groups in total. The Bertz CT molecular complexity index is 761. The molecule has 1 aromatic carbocycles. The third-order valence-corrected chi connectivity index (χ3v) is 4.16. The zero-order chi connectivity index (χ0) is 16.8. The molecular weight excluding hydrogens is 324 g/mol. The molecule has 0 saturated heterocycles. The Hall–Kier alpha value is -2.46. The van der Waals surface area contributed by atoms with E-state index >= 15 is 0 Å². The quantitative estimate of drug-likeness (QED) is 0.610. The molecule has 0 fully saturated rings. The van der Waals surface area contributed by atoms with Crippen LogP contribution in [0.1, 0.15) is 24.6 Å². The predicted molar refractivity (Wildman–Crippen MR) is 92.3 cm³/mol. The molecule has 1 aliphatic heterocycles. The first-order valence-corrected chi connectivity index (χ1v) is 8.77. The molecule has 0 saturated carbocycles. The van der Waals surface area contributed by atoms with Gasteiger partial charge >= 0.3 is 0 Å². The number of nitrogens with one attached hydrogen (secondary N) is 1. The minimum atomic E-state index is 0.276. The van der Waals surface area contributed by atoms with Crippen molar-refractivity contribution in [3.8, 4) is 17.6 Å². The van der Waals surface area contributed by atoms with E-state index in [0.717, 1.165) is 41.4 Å². The van der Waals surface area contributed by atoms with Crippen molar-refractivity contribution in [1.29, 1.82) is 5.26 Å². The fourth-order valence-electron chi connectivity index (χ4n) is 2.35. The van der Waals surface area contributed by atoms with E-state index in [9.17, 15) is 0 Å². The summed E-state index contributed by atoms with van der Waals surface area (Å²) in [7, 11) is 0. The maximum atomic E-state index is 8.73. The predicted octanol–water partition coefficient (Wildman–Crippen LogP) is 3.39. The van der Waals surface area contributed by atoms with Crippen LogP contribution in [0, 0.1) is 11.3 Å². The number of fused-ring (bicyclic) bond motifs is 1. The summed E-state index contributed by atoms with van der Waals surface area (Å²) in [6, 6.07) is 9.95. The molecule has 7 heteroatoms. The molecule has 1 aliphatic rings. The number of hydrogen-bond donors (Lipinski definition) is 1. The van der Waals surface area contributed by atoms with Crippen LogP contribution in [0.15, 0.2) is 29.4 Å². The van der Waals surface area contributed by atoms with Gasteiger partial charge in [-0.2, -0.15) is 5.26 Å². The van der Waals surface area contributed by atoms with Crippen molar-refractivity contribution >= 4 is 17.6 Å². The van der Waals surface area contributed by atoms with Gasteiger partial charge in [0.15, 0.2) is 16.7 Å². The Balaban J connectivity index is 1.71. The summed E-state index contributed by atoms with van der Waals surface area (Å²) in [6.45, 7) is 3.02. The van der Waals surface area contributed by atoms with E-state index in [1.807, 2.05) is 24.3 Å². The van der Waals surface area contributed by atoms with Crippen molar-refractivity contribution in [2.75, 3.05) is 17.9 Å². The SMILES string of the molecule is CCCc1cc(NCc2ccc3c(c2)OCO3)nc(SCC#N)n1. The molecular formula is C17H18N4O2S. The first kappa shape index (κ1) is 16.4. The lowest BCUT2D eigenvalue weighted by molar-refractivity contribution is 0.174. The number of hydrogen-bond acceptors (Lipinski definition) is 7. The number of aromatic nitrogens is 2. The fourth-order valence-corrected chi connectivity index (χ4v) is 2.89. The number of anilines is 1. The first-order valence-electron chi connectivity index (χ1n) is 7.78. The van der Waals surface area contributed by atoms with Crippen molar-refractivity contribution in [3.63, 3.8) is 0 Å². The third-order valence-electron chi connectivity index (χ3n) is 3.44. The van der Waals surface area contributed by atoms with Gasteiger partial charge in [-0.1, -0.05) is 31.2 Å². The number of benzene rings is 1. The van der Waals surface area contributed by atoms with Gasteiger partial charge in [-0.05, 0) is 24.1 Å². The summed E-state index contributed by atoms with van der Waals surface area (Å²) in [5.41, 5.74) is 2.07. The normalized spacial score (nSPS) is 12.0. The second-order valence-electron chi connectivity index (χ2n) is 5.27. The largest absolute Gasteiger partial charge is 0.454 e. The van der Waals surface area contributed by atoms with Crippen LogP contribution in [0.3, 0.4) is 0 Å². The van der Waals surface area contributed by atoms with Crippen LogP contribution in [0.2, 0.25) is 0 Å². The van der Waals surface area contributed by atoms with Crippen LogP contribution < -0.4 is 14.8 Å². The van der Waals surface area contributed by atoms with Gasteiger partial charge in [0.25, 0.3) is 0 Å². The second kappa shape index (κ2) is 7.88. The van der Waals surface area contributed by atoms with E-state index in [0.29, 0.717) is 17.5 Å². The molecule has 0 unspecified atom stereocenters. The van der Waals surface area contributed by atoms with Crippen molar-refractivity contribution in [1.82, 2.24) is 9.97 Å². The number of nitriles is 1. The highest BCUT2D eigenvalue weighted by atomic mass is 32.2. The van der Waals surface area contributed by atoms with Gasteiger partial charge in [0, 0.05) is 18.3 Å². The lowest BCUT2D eigenvalue weighted by atomic mass is 10.2. The van der Waals surface area contributed by atoms with E-state index in [2.05, 4.69) is 28.3 Å². The lowest BCUT2D eigenvalue weighted by Gasteiger charge is -2.09. The smallest absolute Gasteiger partial charge is 0.231 e. The van der Waals surface area contributed by atoms with E-state index in [-0.39, 0.29) is 6.79 Å². The van der Waals surface area contributed by atoms with Crippen LogP contribution in [0.5, 0.6) is 11.5 Å². The Morgan fingerprint density at radius 2 is 2.12 bits per heavy atom. The van der Waals surface area contributed by atoms with Crippen LogP contribution in [-0.2, 0) is 13.0 Å². The van der Waals surface area contributed by atoms with Crippen molar-refractivity contribution in [2.45, 2.75) is 31.5 Å². The number of ether oxygens (including phenoxy) is 2. The summed E-state index contributed by atoms with van der Waals surface area (Å²) in [6.07, 6.45) is 1.91. The summed E-state index contributed by atoms with van der Waals surface area (Å²) in [4.78, 5) is 8.96. The molecule has 124 valence electrons. The number of thioether (sulfide) groups is 1. The van der Waals surface area contributed by atoms with Crippen LogP contribution in [0.4, 0.5) is 5.82 Å². The van der Waals surface area contributed by atoms with Gasteiger partial charge in [0.2, 0.25) is 6.79 Å². The number of aryl methyl sites for hydroxylation is 1. The molecule has 2 heterocycles. The van der Waals surface area contributed by atoms with Crippen LogP contribution >= 0.6 is 11.8 Å². The van der Waals surface area contributed by atoms with Gasteiger partial charge in [-0.3, -0.25) is 0 Å². The molecule has 24 heavy (non-hydrogen) atoms. The Kier molecular flexibility index (Phi) is 5.39. The zero-order valence-corrected chi connectivity index (χ0v) is 14.2. The van der Waals surface area contributed by atoms with Gasteiger partial charge in [0.05, 0.1) is 11.8 Å². The fraction of sp³-hybridized carbons (Fsp3) is 0.353. The van der Waals surface area contributed by atoms with Gasteiger partial charge < -0.3 is 14.8 Å². The van der Waals surface area contributed by atoms with Crippen LogP contribution in [-0.4, -0.2) is 22.5 Å². The Labute approximate surface area is 145 Å². The van der Waals surface area contributed by atoms with E-state index < -0.39 is 0 Å². The molecule has 0 atom stereocenters. The molecule has 1 aromatic heterocycles. The van der Waals surface area contributed by atoms with Crippen molar-refractivity contribution < 1.29 is 9.47 Å². The summed E-state index contributed by atoms with van der Waals surface area (Å²) < 4.78 is 10.7. The highest BCUT2D eigenvalue weighted by molar-refractivity contribution is 7.99. The highest BCUT2D eigenvalue weighted by Gasteiger charge is 2.13. The third kappa shape index (κ3) is 4.09. The maximum absolute atomic E-state index is 8.73. The molecule has 3 rings (SSSR count). The standard InChI is InChI=1S/C17H18N4O2S/c1-2-3-13-9-16(21-17(20-13)24-7-6-18)19-10-12-4-5-14-15(8-12)23-11-22-14/h4-5,8-9H,2-3,7,10-11H2,1H3,(H,19,20,21). The van der Waals surface area contributed by atoms with E-state index in [1.165, 1.54) is 11.8 Å². The summed E-state index contributed by atoms with van der Waals surface area (Å²) in [5.74, 6) is 2.67. The van der Waals surface area contributed by atoms with Gasteiger partial charge in [-0.15, -0.1) is 0 Å². The molecule has 0 aliphatic carbocycles. The molecule has 6 nitrogen and oxygen atoms in total. The zero-order valence-electron chi connectivity index (χ0n) is 13.4. The second-order valence-corrected chi connectivity index (χ2v) is 6.21. The molecule has 0 radical (unpaired) electrons. The number of rotatable bonds is 7. The van der Waals surface area contributed by atoms with Crippen LogP contribution in [0.25, 0.3) is 0 Å². The minimum Gasteiger partial charge on any atom is -0.454 e. The Morgan fingerprint density at radius 3 is 2.96 bits per heavy atom. The first-order chi connectivity index (χ1) is 11.8. The molecule has 0 bridgehead atoms. The van der Waals surface area contributed by atoms with E-state index in [1.54, 1.807) is 0 Å². The number of nitrogens with zero attached hydrogens (tertiary/aromatic N) is 3. The minimum absolute atomic E-state index is 0.276. The Morgan fingerprint density at radius 1 is 1.25 bits per heavy atom. The molecule has 0 spiro atoms. The van der Waals surface area contributed by atoms with Crippen molar-refractivity contribution in [2.24, 2.45) is 0 Å². The summed E-state index contributed by atoms with van der Waals surface area (Å²) >= 11 is 1.35. The molecule has 2 aromatic rings.